The Morgan fingerprint density at radius 3 is 2.96 bits per heavy atom. The van der Waals surface area contributed by atoms with Gasteiger partial charge in [-0.05, 0) is 24.8 Å². The fourth-order valence-electron chi connectivity index (χ4n) is 4.30. The zero-order valence-electron chi connectivity index (χ0n) is 15.1. The van der Waals surface area contributed by atoms with Crippen molar-refractivity contribution in [3.8, 4) is 0 Å². The van der Waals surface area contributed by atoms with E-state index in [9.17, 15) is 4.79 Å². The smallest absolute Gasteiger partial charge is 0.292 e. The number of imidazole rings is 1. The Hall–Kier alpha value is -3.35. The van der Waals surface area contributed by atoms with Crippen molar-refractivity contribution >= 4 is 16.9 Å². The molecule has 140 valence electrons. The average Bonchev–Trinajstić information content (AvgIpc) is 3.16. The molecule has 0 unspecified atom stereocenters. The second kappa shape index (κ2) is 5.82. The van der Waals surface area contributed by atoms with Crippen molar-refractivity contribution in [2.75, 3.05) is 6.54 Å². The van der Waals surface area contributed by atoms with E-state index in [1.54, 1.807) is 11.2 Å². The maximum Gasteiger partial charge on any atom is 0.292 e. The lowest BCUT2D eigenvalue weighted by Crippen LogP contribution is -2.40. The molecule has 4 aromatic rings. The summed E-state index contributed by atoms with van der Waals surface area (Å²) in [7, 11) is 0. The van der Waals surface area contributed by atoms with E-state index in [0.29, 0.717) is 18.9 Å². The highest BCUT2D eigenvalue weighted by molar-refractivity contribution is 5.92. The normalized spacial score (nSPS) is 19.1. The average molecular weight is 374 g/mol. The van der Waals surface area contributed by atoms with Crippen LogP contribution >= 0.6 is 0 Å². The Morgan fingerprint density at radius 1 is 1.25 bits per heavy atom. The van der Waals surface area contributed by atoms with E-state index in [-0.39, 0.29) is 17.7 Å². The van der Waals surface area contributed by atoms with Crippen molar-refractivity contribution < 1.29 is 13.6 Å². The number of hydrogen-bond donors (Lipinski definition) is 1. The van der Waals surface area contributed by atoms with Crippen molar-refractivity contribution in [1.29, 1.82) is 0 Å². The minimum atomic E-state index is -0.379. The number of para-hydroxylation sites is 1. The van der Waals surface area contributed by atoms with Crippen LogP contribution < -0.4 is 0 Å². The summed E-state index contributed by atoms with van der Waals surface area (Å²) in [6.45, 7) is 0.556. The van der Waals surface area contributed by atoms with Gasteiger partial charge in [-0.3, -0.25) is 4.79 Å². The van der Waals surface area contributed by atoms with Crippen molar-refractivity contribution in [3.05, 3.63) is 71.7 Å². The van der Waals surface area contributed by atoms with Crippen molar-refractivity contribution in [2.24, 2.45) is 0 Å². The van der Waals surface area contributed by atoms with Gasteiger partial charge < -0.3 is 18.7 Å². The third-order valence-corrected chi connectivity index (χ3v) is 5.73. The number of aromatic nitrogens is 3. The molecule has 1 aromatic carbocycles. The molecule has 0 spiro atoms. The van der Waals surface area contributed by atoms with Crippen LogP contribution in [0.2, 0.25) is 0 Å². The molecule has 2 aliphatic rings. The summed E-state index contributed by atoms with van der Waals surface area (Å²) in [5.74, 6) is 1.33. The van der Waals surface area contributed by atoms with Gasteiger partial charge in [0, 0.05) is 29.6 Å². The number of aromatic amines is 1. The molecule has 1 atom stereocenters. The topological polar surface area (TPSA) is 88.2 Å². The van der Waals surface area contributed by atoms with E-state index in [1.807, 2.05) is 18.2 Å². The highest BCUT2D eigenvalue weighted by Crippen LogP contribution is 2.50. The number of fused-ring (bicyclic) bond motifs is 2. The monoisotopic (exact) mass is 374 g/mol. The summed E-state index contributed by atoms with van der Waals surface area (Å²) < 4.78 is 11.7. The summed E-state index contributed by atoms with van der Waals surface area (Å²) in [4.78, 5) is 26.7. The van der Waals surface area contributed by atoms with Crippen LogP contribution in [0.15, 0.2) is 52.0 Å². The van der Waals surface area contributed by atoms with E-state index < -0.39 is 0 Å². The quantitative estimate of drug-likeness (QED) is 0.589. The number of nitrogens with zero attached hydrogens (tertiary/aromatic N) is 3. The molecule has 6 rings (SSSR count). The molecule has 1 fully saturated rings. The van der Waals surface area contributed by atoms with Crippen LogP contribution in [0.25, 0.3) is 11.0 Å². The molecule has 1 saturated carbocycles. The molecule has 0 radical (unpaired) electrons. The van der Waals surface area contributed by atoms with Crippen LogP contribution in [0.3, 0.4) is 0 Å². The molecule has 1 aliphatic carbocycles. The van der Waals surface area contributed by atoms with Crippen LogP contribution in [-0.4, -0.2) is 32.3 Å². The summed E-state index contributed by atoms with van der Waals surface area (Å²) in [5.41, 5.74) is 3.97. The van der Waals surface area contributed by atoms with Gasteiger partial charge in [0.2, 0.25) is 5.76 Å². The zero-order valence-corrected chi connectivity index (χ0v) is 15.1. The fraction of sp³-hybridized carbons (Fsp3) is 0.286. The first kappa shape index (κ1) is 15.7. The summed E-state index contributed by atoms with van der Waals surface area (Å²) in [5, 5.41) is 1.13. The number of carbonyl (C=O) groups excluding carboxylic acids is 1. The second-order valence-corrected chi connectivity index (χ2v) is 7.43. The van der Waals surface area contributed by atoms with Crippen molar-refractivity contribution in [3.63, 3.8) is 0 Å². The van der Waals surface area contributed by atoms with Crippen molar-refractivity contribution in [2.45, 2.75) is 31.2 Å². The van der Waals surface area contributed by atoms with E-state index >= 15 is 0 Å². The molecule has 0 saturated heterocycles. The fourth-order valence-corrected chi connectivity index (χ4v) is 4.30. The Kier molecular flexibility index (Phi) is 3.26. The number of benzene rings is 1. The predicted molar refractivity (Wildman–Crippen MR) is 99.9 cm³/mol. The highest BCUT2D eigenvalue weighted by Gasteiger charge is 2.42. The maximum atomic E-state index is 13.2. The number of furan rings is 1. The van der Waals surface area contributed by atoms with Gasteiger partial charge in [0.25, 0.3) is 5.91 Å². The minimum Gasteiger partial charge on any atom is -0.458 e. The molecular formula is C21H18N4O3. The third kappa shape index (κ3) is 2.25. The number of amides is 1. The largest absolute Gasteiger partial charge is 0.458 e. The number of rotatable bonds is 3. The standard InChI is InChI=1S/C21H18N4O3/c26-21(16-9-22-11-27-16)25-8-7-14-18(24-10-23-14)19(25)20-17(12-5-6-12)13-3-1-2-4-15(13)28-20/h1-4,9-12,19H,5-8H2,(H,23,24)/t19-/m0/s1. The molecule has 4 heterocycles. The summed E-state index contributed by atoms with van der Waals surface area (Å²) in [6, 6.07) is 7.72. The molecule has 1 N–H and O–H groups in total. The molecular weight excluding hydrogens is 356 g/mol. The lowest BCUT2D eigenvalue weighted by atomic mass is 9.95. The van der Waals surface area contributed by atoms with Crippen LogP contribution in [0.4, 0.5) is 0 Å². The SMILES string of the molecule is O=C(c1cnco1)N1CCc2[nH]cnc2[C@H]1c1oc2ccccc2c1C1CC1. The van der Waals surface area contributed by atoms with Crippen LogP contribution in [0, 0.1) is 0 Å². The molecule has 28 heavy (non-hydrogen) atoms. The van der Waals surface area contributed by atoms with Gasteiger partial charge in [-0.1, -0.05) is 18.2 Å². The van der Waals surface area contributed by atoms with Gasteiger partial charge in [0.15, 0.2) is 6.39 Å². The maximum absolute atomic E-state index is 13.2. The number of H-pyrrole nitrogens is 1. The zero-order chi connectivity index (χ0) is 18.7. The van der Waals surface area contributed by atoms with Gasteiger partial charge in [-0.15, -0.1) is 0 Å². The van der Waals surface area contributed by atoms with Gasteiger partial charge in [-0.2, -0.15) is 0 Å². The Morgan fingerprint density at radius 2 is 2.14 bits per heavy atom. The number of nitrogens with one attached hydrogen (secondary N) is 1. The molecule has 1 amide bonds. The van der Waals surface area contributed by atoms with Gasteiger partial charge in [0.1, 0.15) is 17.4 Å². The molecule has 7 nitrogen and oxygen atoms in total. The lowest BCUT2D eigenvalue weighted by molar-refractivity contribution is 0.0639. The third-order valence-electron chi connectivity index (χ3n) is 5.73. The Balaban J connectivity index is 1.56. The Bertz CT molecular complexity index is 1170. The minimum absolute atomic E-state index is 0.196. The van der Waals surface area contributed by atoms with E-state index in [0.717, 1.165) is 41.0 Å². The van der Waals surface area contributed by atoms with E-state index in [2.05, 4.69) is 21.0 Å². The molecule has 1 aliphatic heterocycles. The molecule has 3 aromatic heterocycles. The molecule has 7 heteroatoms. The molecule has 0 bridgehead atoms. The predicted octanol–water partition coefficient (Wildman–Crippen LogP) is 3.81. The van der Waals surface area contributed by atoms with E-state index in [4.69, 9.17) is 8.83 Å². The summed E-state index contributed by atoms with van der Waals surface area (Å²) >= 11 is 0. The lowest BCUT2D eigenvalue weighted by Gasteiger charge is -2.33. The summed E-state index contributed by atoms with van der Waals surface area (Å²) in [6.07, 6.45) is 7.44. The van der Waals surface area contributed by atoms with Crippen molar-refractivity contribution in [1.82, 2.24) is 19.9 Å². The number of oxazole rings is 1. The second-order valence-electron chi connectivity index (χ2n) is 7.43. The van der Waals surface area contributed by atoms with Crippen LogP contribution in [-0.2, 0) is 6.42 Å². The first-order chi connectivity index (χ1) is 13.8. The van der Waals surface area contributed by atoms with Gasteiger partial charge in [0.05, 0.1) is 18.2 Å². The Labute approximate surface area is 160 Å². The highest BCUT2D eigenvalue weighted by atomic mass is 16.4. The van der Waals surface area contributed by atoms with Gasteiger partial charge in [-0.25, -0.2) is 9.97 Å². The van der Waals surface area contributed by atoms with Gasteiger partial charge >= 0.3 is 0 Å². The van der Waals surface area contributed by atoms with Crippen LogP contribution in [0.5, 0.6) is 0 Å². The number of hydrogen-bond acceptors (Lipinski definition) is 5. The van der Waals surface area contributed by atoms with E-state index in [1.165, 1.54) is 18.2 Å². The van der Waals surface area contributed by atoms with Crippen LogP contribution in [0.1, 0.15) is 58.1 Å². The first-order valence-corrected chi connectivity index (χ1v) is 9.54. The number of carbonyl (C=O) groups is 1. The first-order valence-electron chi connectivity index (χ1n) is 9.54.